The number of benzene rings is 1. The second kappa shape index (κ2) is 5.33. The molecule has 0 saturated heterocycles. The summed E-state index contributed by atoms with van der Waals surface area (Å²) in [4.78, 5) is 0. The molecule has 1 fully saturated rings. The van der Waals surface area contributed by atoms with Crippen molar-refractivity contribution in [2.24, 2.45) is 11.7 Å². The van der Waals surface area contributed by atoms with Gasteiger partial charge < -0.3 is 14.9 Å². The van der Waals surface area contributed by atoms with Crippen LogP contribution in [0.4, 0.5) is 0 Å². The molecule has 1 aromatic carbocycles. The van der Waals surface area contributed by atoms with Gasteiger partial charge in [-0.05, 0) is 43.0 Å². The molecule has 0 spiro atoms. The van der Waals surface area contributed by atoms with Gasteiger partial charge in [0.2, 0.25) is 0 Å². The number of ether oxygens (including phenoxy) is 1. The molecule has 3 nitrogen and oxygen atoms in total. The summed E-state index contributed by atoms with van der Waals surface area (Å²) in [6.45, 7) is 7.08. The molecule has 20 heavy (non-hydrogen) atoms. The second-order valence-corrected chi connectivity index (χ2v) is 5.39. The lowest BCUT2D eigenvalue weighted by Crippen LogP contribution is -2.03. The van der Waals surface area contributed by atoms with E-state index in [0.29, 0.717) is 18.4 Å². The zero-order valence-corrected chi connectivity index (χ0v) is 11.9. The van der Waals surface area contributed by atoms with Gasteiger partial charge in [0.25, 0.3) is 0 Å². The number of hydrogen-bond acceptors (Lipinski definition) is 3. The van der Waals surface area contributed by atoms with Crippen LogP contribution in [0.15, 0.2) is 35.3 Å². The molecule has 2 aromatic rings. The Morgan fingerprint density at radius 2 is 2.35 bits per heavy atom. The summed E-state index contributed by atoms with van der Waals surface area (Å²) < 4.78 is 11.7. The van der Waals surface area contributed by atoms with E-state index in [1.165, 1.54) is 10.9 Å². The van der Waals surface area contributed by atoms with Crippen LogP contribution in [0.25, 0.3) is 11.0 Å². The minimum absolute atomic E-state index is 0.505. The largest absolute Gasteiger partial charge is 0.489 e. The predicted octanol–water partition coefficient (Wildman–Crippen LogP) is 3.62. The minimum atomic E-state index is 0.505. The van der Waals surface area contributed by atoms with E-state index >= 15 is 0 Å². The first-order valence-electron chi connectivity index (χ1n) is 7.27. The number of fused-ring (bicyclic) bond motifs is 1. The average molecular weight is 271 g/mol. The van der Waals surface area contributed by atoms with Gasteiger partial charge in [0, 0.05) is 17.4 Å². The molecule has 0 aliphatic heterocycles. The lowest BCUT2D eigenvalue weighted by molar-refractivity contribution is 0.359. The summed E-state index contributed by atoms with van der Waals surface area (Å²) >= 11 is 0. The molecule has 1 aliphatic carbocycles. The third-order valence-electron chi connectivity index (χ3n) is 4.05. The number of hydrogen-bond donors (Lipinski definition) is 1. The fourth-order valence-corrected chi connectivity index (χ4v) is 2.86. The van der Waals surface area contributed by atoms with Crippen molar-refractivity contribution in [1.82, 2.24) is 0 Å². The minimum Gasteiger partial charge on any atom is -0.489 e. The third kappa shape index (κ3) is 2.22. The van der Waals surface area contributed by atoms with Crippen molar-refractivity contribution in [2.75, 3.05) is 13.2 Å². The Balaban J connectivity index is 2.08. The first-order valence-corrected chi connectivity index (χ1v) is 7.27. The smallest absolute Gasteiger partial charge is 0.134 e. The van der Waals surface area contributed by atoms with Crippen LogP contribution in [0, 0.1) is 5.92 Å². The predicted molar refractivity (Wildman–Crippen MR) is 81.2 cm³/mol. The van der Waals surface area contributed by atoms with Gasteiger partial charge in [-0.25, -0.2) is 0 Å². The molecule has 1 aromatic heterocycles. The van der Waals surface area contributed by atoms with Gasteiger partial charge in [-0.2, -0.15) is 0 Å². The highest BCUT2D eigenvalue weighted by Gasteiger charge is 2.40. The van der Waals surface area contributed by atoms with Gasteiger partial charge in [-0.3, -0.25) is 0 Å². The Labute approximate surface area is 119 Å². The van der Waals surface area contributed by atoms with E-state index in [0.717, 1.165) is 36.5 Å². The summed E-state index contributed by atoms with van der Waals surface area (Å²) in [5.41, 5.74) is 8.02. The van der Waals surface area contributed by atoms with Crippen LogP contribution in [-0.4, -0.2) is 13.2 Å². The Morgan fingerprint density at radius 3 is 3.00 bits per heavy atom. The van der Waals surface area contributed by atoms with Crippen molar-refractivity contribution in [2.45, 2.75) is 25.7 Å². The van der Waals surface area contributed by atoms with Crippen molar-refractivity contribution >= 4 is 11.0 Å². The molecule has 1 saturated carbocycles. The molecular formula is C17H21NO2. The van der Waals surface area contributed by atoms with E-state index in [9.17, 15) is 0 Å². The van der Waals surface area contributed by atoms with E-state index in [1.54, 1.807) is 6.08 Å². The van der Waals surface area contributed by atoms with Gasteiger partial charge in [0.05, 0.1) is 0 Å². The van der Waals surface area contributed by atoms with Crippen molar-refractivity contribution in [3.05, 3.63) is 42.2 Å². The van der Waals surface area contributed by atoms with Crippen molar-refractivity contribution in [3.8, 4) is 5.75 Å². The second-order valence-electron chi connectivity index (χ2n) is 5.39. The van der Waals surface area contributed by atoms with Crippen LogP contribution in [0.1, 0.15) is 30.6 Å². The fraction of sp³-hybridized carbons (Fsp3) is 0.412. The third-order valence-corrected chi connectivity index (χ3v) is 4.05. The van der Waals surface area contributed by atoms with Crippen LogP contribution < -0.4 is 10.5 Å². The van der Waals surface area contributed by atoms with Gasteiger partial charge in [-0.15, -0.1) is 0 Å². The van der Waals surface area contributed by atoms with Crippen LogP contribution in [0.3, 0.4) is 0 Å². The quantitative estimate of drug-likeness (QED) is 0.816. The van der Waals surface area contributed by atoms with Gasteiger partial charge >= 0.3 is 0 Å². The molecular weight excluding hydrogens is 250 g/mol. The number of furan rings is 1. The summed E-state index contributed by atoms with van der Waals surface area (Å²) in [6.07, 6.45) is 3.82. The first kappa shape index (κ1) is 13.3. The standard InChI is InChI=1S/C17H21NO2/c1-3-7-19-16-6-5-15-14(9-12(4-2)20-15)17(16)13-8-11(13)10-18/h3,5-6,9,11,13H,1,4,7-8,10,18H2,2H3/t11-,13+/m1/s1. The van der Waals surface area contributed by atoms with Crippen molar-refractivity contribution < 1.29 is 9.15 Å². The van der Waals surface area contributed by atoms with E-state index in [1.807, 2.05) is 12.1 Å². The highest BCUT2D eigenvalue weighted by Crippen LogP contribution is 2.52. The maximum atomic E-state index is 5.86. The van der Waals surface area contributed by atoms with Gasteiger partial charge in [0.15, 0.2) is 0 Å². The van der Waals surface area contributed by atoms with Crippen LogP contribution in [-0.2, 0) is 6.42 Å². The lowest BCUT2D eigenvalue weighted by Gasteiger charge is -2.11. The highest BCUT2D eigenvalue weighted by atomic mass is 16.5. The van der Waals surface area contributed by atoms with Crippen LogP contribution >= 0.6 is 0 Å². The molecule has 0 amide bonds. The normalized spacial score (nSPS) is 21.1. The Morgan fingerprint density at radius 1 is 1.50 bits per heavy atom. The molecule has 0 unspecified atom stereocenters. The van der Waals surface area contributed by atoms with E-state index in [2.05, 4.69) is 19.6 Å². The van der Waals surface area contributed by atoms with E-state index in [-0.39, 0.29) is 0 Å². The zero-order chi connectivity index (χ0) is 14.1. The molecule has 2 atom stereocenters. The molecule has 106 valence electrons. The topological polar surface area (TPSA) is 48.4 Å². The molecule has 1 aliphatic rings. The molecule has 0 bridgehead atoms. The van der Waals surface area contributed by atoms with Gasteiger partial charge in [0.1, 0.15) is 23.7 Å². The zero-order valence-electron chi connectivity index (χ0n) is 11.9. The molecule has 3 rings (SSSR count). The lowest BCUT2D eigenvalue weighted by atomic mass is 10.0. The summed E-state index contributed by atoms with van der Waals surface area (Å²) in [6, 6.07) is 6.16. The number of nitrogens with two attached hydrogens (primary N) is 1. The Hall–Kier alpha value is -1.74. The van der Waals surface area contributed by atoms with Crippen molar-refractivity contribution in [1.29, 1.82) is 0 Å². The highest BCUT2D eigenvalue weighted by molar-refractivity contribution is 5.85. The molecule has 1 heterocycles. The van der Waals surface area contributed by atoms with Gasteiger partial charge in [-0.1, -0.05) is 19.6 Å². The maximum Gasteiger partial charge on any atom is 0.134 e. The molecule has 0 radical (unpaired) electrons. The molecule has 2 N–H and O–H groups in total. The van der Waals surface area contributed by atoms with E-state index in [4.69, 9.17) is 14.9 Å². The SMILES string of the molecule is C=CCOc1ccc2oc(CC)cc2c1[C@H]1C[C@@H]1CN. The average Bonchev–Trinajstić information content (AvgIpc) is 3.13. The molecule has 3 heteroatoms. The summed E-state index contributed by atoms with van der Waals surface area (Å²) in [5.74, 6) is 3.05. The summed E-state index contributed by atoms with van der Waals surface area (Å²) in [7, 11) is 0. The van der Waals surface area contributed by atoms with E-state index < -0.39 is 0 Å². The Kier molecular flexibility index (Phi) is 3.53. The summed E-state index contributed by atoms with van der Waals surface area (Å²) in [5, 5.41) is 1.18. The number of rotatable bonds is 6. The number of aryl methyl sites for hydroxylation is 1. The maximum absolute atomic E-state index is 5.86. The fourth-order valence-electron chi connectivity index (χ4n) is 2.86. The monoisotopic (exact) mass is 271 g/mol. The Bertz CT molecular complexity index is 629. The van der Waals surface area contributed by atoms with Crippen LogP contribution in [0.2, 0.25) is 0 Å². The van der Waals surface area contributed by atoms with Crippen molar-refractivity contribution in [3.63, 3.8) is 0 Å². The first-order chi connectivity index (χ1) is 9.78. The van der Waals surface area contributed by atoms with Crippen LogP contribution in [0.5, 0.6) is 5.75 Å².